The van der Waals surface area contributed by atoms with E-state index in [4.69, 9.17) is 27.3 Å². The number of likely N-dealkylation sites (tertiary alicyclic amines) is 1. The molecule has 1 aromatic heterocycles. The molecule has 0 radical (unpaired) electrons. The van der Waals surface area contributed by atoms with Crippen molar-refractivity contribution >= 4 is 89.8 Å². The SMILES string of the molecule is CC1(N)CCN(c2cnc3c(n2)Nc2ccc(N(P)C(=O)CCCCCCCCCCCCCCC(=O)N[C@@H](C(=O)N4CCC[C@@H]4C=O)S(C)(C)C)c(Cl)c2S3)CC1. The van der Waals surface area contributed by atoms with E-state index in [1.54, 1.807) is 9.57 Å². The number of carbonyl (C=O) groups is 4. The molecule has 0 saturated carbocycles. The molecule has 3 amide bonds. The zero-order valence-corrected chi connectivity index (χ0v) is 38.6. The predicted molar refractivity (Wildman–Crippen MR) is 245 cm³/mol. The average molecular weight is 878 g/mol. The molecule has 3 aliphatic rings. The normalized spacial score (nSPS) is 18.2. The molecule has 4 N–H and O–H groups in total. The number of nitrogens with zero attached hydrogens (tertiary/aromatic N) is 5. The third-order valence-electron chi connectivity index (χ3n) is 11.5. The number of unbranched alkanes of at least 4 members (excludes halogenated alkanes) is 11. The van der Waals surface area contributed by atoms with E-state index >= 15 is 0 Å². The van der Waals surface area contributed by atoms with E-state index in [1.807, 2.05) is 37.1 Å². The highest BCUT2D eigenvalue weighted by Crippen LogP contribution is 2.49. The van der Waals surface area contributed by atoms with Crippen LogP contribution in [-0.2, 0) is 19.2 Å². The summed E-state index contributed by atoms with van der Waals surface area (Å²) in [5, 5.41) is 7.15. The monoisotopic (exact) mass is 876 g/mol. The molecule has 58 heavy (non-hydrogen) atoms. The second kappa shape index (κ2) is 21.7. The van der Waals surface area contributed by atoms with Crippen LogP contribution < -0.4 is 25.9 Å². The summed E-state index contributed by atoms with van der Waals surface area (Å²) in [5.41, 5.74) is 7.70. The van der Waals surface area contributed by atoms with Crippen LogP contribution in [-0.4, -0.2) is 94.2 Å². The number of aromatic nitrogens is 2. The van der Waals surface area contributed by atoms with Gasteiger partial charge in [-0.1, -0.05) is 87.6 Å². The first kappa shape index (κ1) is 46.4. The van der Waals surface area contributed by atoms with E-state index in [9.17, 15) is 19.2 Å². The summed E-state index contributed by atoms with van der Waals surface area (Å²) < 4.78 is 1.59. The lowest BCUT2D eigenvalue weighted by molar-refractivity contribution is -0.136. The first-order chi connectivity index (χ1) is 27.7. The lowest BCUT2D eigenvalue weighted by Gasteiger charge is -2.38. The van der Waals surface area contributed by atoms with E-state index in [0.717, 1.165) is 98.6 Å². The number of hydrogen-bond acceptors (Lipinski definition) is 10. The first-order valence-electron chi connectivity index (χ1n) is 21.2. The van der Waals surface area contributed by atoms with Crippen molar-refractivity contribution in [2.45, 2.75) is 149 Å². The lowest BCUT2D eigenvalue weighted by atomic mass is 9.91. The fourth-order valence-corrected chi connectivity index (χ4v) is 10.7. The lowest BCUT2D eigenvalue weighted by Crippen LogP contribution is -2.52. The Hall–Kier alpha value is -2.64. The number of rotatable bonds is 21. The summed E-state index contributed by atoms with van der Waals surface area (Å²) in [4.78, 5) is 64.9. The quantitative estimate of drug-likeness (QED) is 0.0539. The number of aldehydes is 1. The fraction of sp³-hybridized carbons (Fsp3) is 0.667. The van der Waals surface area contributed by atoms with Gasteiger partial charge in [-0.15, -0.1) is 0 Å². The topological polar surface area (TPSA) is 154 Å². The highest BCUT2D eigenvalue weighted by molar-refractivity contribution is 8.33. The largest absolute Gasteiger partial charge is 0.355 e. The van der Waals surface area contributed by atoms with Crippen molar-refractivity contribution in [3.63, 3.8) is 0 Å². The summed E-state index contributed by atoms with van der Waals surface area (Å²) in [6, 6.07) is 3.46. The Labute approximate surface area is 359 Å². The molecule has 2 aromatic rings. The standard InChI is InChI=1S/C42H66ClN8O4PS2/c1-42(44)23-26-49(27-24-42)33-28-45-39-38(47-33)46-31-21-22-32(36(43)37(31)57-39)51(56)35(54)20-16-14-12-10-8-6-5-7-9-11-13-15-19-34(53)48-40(58(2,3)4)41(55)50-25-17-18-30(50)29-52/h21-22,28-30,40H,5-20,23-27,44,56H2,1-4H3,(H,46,47)(H,48,53)/t30-,40-/m1/s1. The summed E-state index contributed by atoms with van der Waals surface area (Å²) in [7, 11) is 1.17. The van der Waals surface area contributed by atoms with E-state index in [-0.39, 0.29) is 29.3 Å². The summed E-state index contributed by atoms with van der Waals surface area (Å²) in [5.74, 6) is 1.39. The molecule has 3 atom stereocenters. The van der Waals surface area contributed by atoms with Crippen molar-refractivity contribution < 1.29 is 19.2 Å². The molecule has 1 aromatic carbocycles. The predicted octanol–water partition coefficient (Wildman–Crippen LogP) is 8.57. The smallest absolute Gasteiger partial charge is 0.254 e. The number of benzene rings is 1. The van der Waals surface area contributed by atoms with Gasteiger partial charge < -0.3 is 31.0 Å². The molecule has 0 spiro atoms. The van der Waals surface area contributed by atoms with Gasteiger partial charge in [-0.05, 0) is 85.7 Å². The van der Waals surface area contributed by atoms with Crippen LogP contribution in [0.4, 0.5) is 23.0 Å². The zero-order valence-electron chi connectivity index (χ0n) is 35.0. The molecule has 0 aliphatic carbocycles. The van der Waals surface area contributed by atoms with Gasteiger partial charge in [0, 0.05) is 38.0 Å². The van der Waals surface area contributed by atoms with E-state index < -0.39 is 15.4 Å². The number of nitrogens with one attached hydrogen (secondary N) is 2. The maximum Gasteiger partial charge on any atom is 0.254 e. The molecule has 2 saturated heterocycles. The van der Waals surface area contributed by atoms with E-state index in [1.165, 1.54) is 50.3 Å². The molecule has 4 heterocycles. The van der Waals surface area contributed by atoms with Crippen molar-refractivity contribution in [1.29, 1.82) is 0 Å². The van der Waals surface area contributed by atoms with E-state index in [0.29, 0.717) is 42.3 Å². The van der Waals surface area contributed by atoms with Gasteiger partial charge in [-0.25, -0.2) is 20.0 Å². The van der Waals surface area contributed by atoms with Crippen LogP contribution in [0.15, 0.2) is 28.3 Å². The van der Waals surface area contributed by atoms with Crippen molar-refractivity contribution in [2.24, 2.45) is 5.73 Å². The number of carbonyl (C=O) groups excluding carboxylic acids is 4. The Morgan fingerprint density at radius 2 is 1.62 bits per heavy atom. The number of fused-ring (bicyclic) bond motifs is 2. The van der Waals surface area contributed by atoms with Crippen molar-refractivity contribution in [1.82, 2.24) is 20.2 Å². The van der Waals surface area contributed by atoms with Gasteiger partial charge in [-0.2, -0.15) is 0 Å². The van der Waals surface area contributed by atoms with Crippen molar-refractivity contribution in [2.75, 3.05) is 53.3 Å². The van der Waals surface area contributed by atoms with Gasteiger partial charge in [-0.3, -0.25) is 19.1 Å². The Bertz CT molecular complexity index is 1740. The van der Waals surface area contributed by atoms with Crippen LogP contribution in [0.1, 0.15) is 122 Å². The third kappa shape index (κ3) is 12.9. The number of halogens is 1. The molecule has 16 heteroatoms. The minimum absolute atomic E-state index is 0.0256. The maximum atomic E-state index is 13.2. The molecule has 1 unspecified atom stereocenters. The number of nitrogens with two attached hydrogens (primary N) is 1. The Kier molecular flexibility index (Phi) is 17.4. The van der Waals surface area contributed by atoms with Gasteiger partial charge in [0.1, 0.15) is 22.5 Å². The van der Waals surface area contributed by atoms with Gasteiger partial charge in [0.2, 0.25) is 11.8 Å². The van der Waals surface area contributed by atoms with E-state index in [2.05, 4.69) is 31.8 Å². The van der Waals surface area contributed by atoms with Gasteiger partial charge >= 0.3 is 0 Å². The Morgan fingerprint density at radius 1 is 1.02 bits per heavy atom. The molecule has 0 bridgehead atoms. The molecule has 2 fully saturated rings. The number of hydrogen-bond donors (Lipinski definition) is 3. The highest BCUT2D eigenvalue weighted by atomic mass is 35.5. The van der Waals surface area contributed by atoms with Crippen molar-refractivity contribution in [3.8, 4) is 0 Å². The minimum Gasteiger partial charge on any atom is -0.355 e. The second-order valence-corrected chi connectivity index (χ2v) is 23.5. The van der Waals surface area contributed by atoms with Gasteiger partial charge in [0.25, 0.3) is 5.91 Å². The molecular weight excluding hydrogens is 811 g/mol. The molecule has 12 nitrogen and oxygen atoms in total. The first-order valence-corrected chi connectivity index (χ1v) is 25.8. The number of amides is 3. The number of piperidine rings is 1. The maximum absolute atomic E-state index is 13.2. The minimum atomic E-state index is -1.38. The Balaban J connectivity index is 0.898. The van der Waals surface area contributed by atoms with Crippen LogP contribution in [0, 0.1) is 0 Å². The molecule has 5 rings (SSSR count). The molecule has 3 aliphatic heterocycles. The second-order valence-electron chi connectivity index (χ2n) is 17.3. The van der Waals surface area contributed by atoms with Crippen LogP contribution in [0.5, 0.6) is 0 Å². The summed E-state index contributed by atoms with van der Waals surface area (Å²) in [6.45, 7) is 4.39. The Morgan fingerprint density at radius 3 is 2.22 bits per heavy atom. The van der Waals surface area contributed by atoms with Crippen LogP contribution in [0.3, 0.4) is 0 Å². The zero-order chi connectivity index (χ0) is 41.9. The van der Waals surface area contributed by atoms with Crippen LogP contribution in [0.25, 0.3) is 0 Å². The highest BCUT2D eigenvalue weighted by Gasteiger charge is 2.38. The third-order valence-corrected chi connectivity index (χ3v) is 15.4. The summed E-state index contributed by atoms with van der Waals surface area (Å²) in [6.07, 6.45) is 26.2. The summed E-state index contributed by atoms with van der Waals surface area (Å²) >= 11 is 8.37. The van der Waals surface area contributed by atoms with Crippen LogP contribution >= 0.6 is 42.8 Å². The van der Waals surface area contributed by atoms with Gasteiger partial charge in [0.15, 0.2) is 5.82 Å². The number of anilines is 4. The molecular formula is C42H66ClN8O4PS2. The van der Waals surface area contributed by atoms with Crippen molar-refractivity contribution in [3.05, 3.63) is 23.4 Å². The van der Waals surface area contributed by atoms with Crippen LogP contribution in [0.2, 0.25) is 5.02 Å². The van der Waals surface area contributed by atoms with Gasteiger partial charge in [0.05, 0.1) is 33.5 Å². The average Bonchev–Trinajstić information content (AvgIpc) is 3.68. The fourth-order valence-electron chi connectivity index (χ4n) is 7.78. The molecule has 322 valence electrons.